The number of rotatable bonds is 6. The smallest absolute Gasteiger partial charge is 0.411 e. The summed E-state index contributed by atoms with van der Waals surface area (Å²) in [6, 6.07) is 14.1. The number of nitrogens with one attached hydrogen (secondary N) is 2. The molecule has 0 saturated heterocycles. The Balaban J connectivity index is 1.95. The molecule has 0 bridgehead atoms. The Morgan fingerprint density at radius 1 is 1.00 bits per heavy atom. The zero-order valence-electron chi connectivity index (χ0n) is 13.0. The van der Waals surface area contributed by atoms with Crippen molar-refractivity contribution < 1.29 is 19.1 Å². The van der Waals surface area contributed by atoms with Gasteiger partial charge in [-0.2, -0.15) is 0 Å². The Kier molecular flexibility index (Phi) is 7.01. The standard InChI is InChI=1S/C17H17IN2O4/c1-23-9-10-24-17(22)20-15-4-2-3-14(11-15)19-16(21)12-5-7-13(18)8-6-12/h2-8,11H,9-10H2,1H3,(H,19,21)(H,20,22). The lowest BCUT2D eigenvalue weighted by Crippen LogP contribution is -2.17. The molecule has 6 nitrogen and oxygen atoms in total. The highest BCUT2D eigenvalue weighted by Gasteiger charge is 2.07. The van der Waals surface area contributed by atoms with E-state index in [4.69, 9.17) is 9.47 Å². The van der Waals surface area contributed by atoms with E-state index in [1.807, 2.05) is 12.1 Å². The van der Waals surface area contributed by atoms with Gasteiger partial charge in [-0.05, 0) is 65.1 Å². The van der Waals surface area contributed by atoms with Gasteiger partial charge in [0.2, 0.25) is 0 Å². The summed E-state index contributed by atoms with van der Waals surface area (Å²) in [5, 5.41) is 5.38. The second kappa shape index (κ2) is 9.24. The average molecular weight is 440 g/mol. The summed E-state index contributed by atoms with van der Waals surface area (Å²) in [5.74, 6) is -0.216. The Bertz CT molecular complexity index is 704. The minimum Gasteiger partial charge on any atom is -0.447 e. The van der Waals surface area contributed by atoms with Gasteiger partial charge in [-0.1, -0.05) is 6.07 Å². The molecule has 0 unspecified atom stereocenters. The molecule has 2 aromatic rings. The summed E-state index contributed by atoms with van der Waals surface area (Å²) in [4.78, 5) is 23.8. The maximum absolute atomic E-state index is 12.2. The third-order valence-electron chi connectivity index (χ3n) is 2.99. The van der Waals surface area contributed by atoms with Crippen LogP contribution in [0.15, 0.2) is 48.5 Å². The molecule has 24 heavy (non-hydrogen) atoms. The highest BCUT2D eigenvalue weighted by molar-refractivity contribution is 14.1. The lowest BCUT2D eigenvalue weighted by atomic mass is 10.2. The number of anilines is 2. The van der Waals surface area contributed by atoms with E-state index in [1.165, 1.54) is 7.11 Å². The van der Waals surface area contributed by atoms with E-state index < -0.39 is 6.09 Å². The summed E-state index contributed by atoms with van der Waals surface area (Å²) in [6.07, 6.45) is -0.576. The van der Waals surface area contributed by atoms with Gasteiger partial charge in [-0.3, -0.25) is 10.1 Å². The molecule has 0 aliphatic carbocycles. The highest BCUT2D eigenvalue weighted by atomic mass is 127. The molecule has 0 saturated carbocycles. The molecule has 0 aliphatic rings. The van der Waals surface area contributed by atoms with Crippen molar-refractivity contribution in [1.29, 1.82) is 0 Å². The first-order valence-corrected chi connectivity index (χ1v) is 8.26. The third-order valence-corrected chi connectivity index (χ3v) is 3.71. The van der Waals surface area contributed by atoms with Gasteiger partial charge in [-0.15, -0.1) is 0 Å². The van der Waals surface area contributed by atoms with Crippen LogP contribution in [0, 0.1) is 3.57 Å². The quantitative estimate of drug-likeness (QED) is 0.530. The second-order valence-electron chi connectivity index (χ2n) is 4.80. The van der Waals surface area contributed by atoms with Gasteiger partial charge in [-0.25, -0.2) is 4.79 Å². The van der Waals surface area contributed by atoms with Crippen LogP contribution >= 0.6 is 22.6 Å². The van der Waals surface area contributed by atoms with Gasteiger partial charge in [0.05, 0.1) is 6.61 Å². The molecule has 2 amide bonds. The van der Waals surface area contributed by atoms with E-state index in [2.05, 4.69) is 33.2 Å². The first kappa shape index (κ1) is 18.2. The summed E-state index contributed by atoms with van der Waals surface area (Å²) in [6.45, 7) is 0.505. The number of benzene rings is 2. The number of carbonyl (C=O) groups excluding carboxylic acids is 2. The van der Waals surface area contributed by atoms with Gasteiger partial charge >= 0.3 is 6.09 Å². The van der Waals surface area contributed by atoms with Crippen LogP contribution in [0.1, 0.15) is 10.4 Å². The fourth-order valence-electron chi connectivity index (χ4n) is 1.85. The molecule has 7 heteroatoms. The molecule has 2 aromatic carbocycles. The van der Waals surface area contributed by atoms with E-state index in [1.54, 1.807) is 36.4 Å². The van der Waals surface area contributed by atoms with Crippen LogP contribution in [0.3, 0.4) is 0 Å². The topological polar surface area (TPSA) is 76.7 Å². The first-order chi connectivity index (χ1) is 11.6. The van der Waals surface area contributed by atoms with E-state index in [0.717, 1.165) is 3.57 Å². The van der Waals surface area contributed by atoms with Gasteiger partial charge in [0.15, 0.2) is 0 Å². The van der Waals surface area contributed by atoms with E-state index in [0.29, 0.717) is 23.5 Å². The van der Waals surface area contributed by atoms with Crippen LogP contribution in [0.2, 0.25) is 0 Å². The number of methoxy groups -OCH3 is 1. The highest BCUT2D eigenvalue weighted by Crippen LogP contribution is 2.17. The zero-order valence-corrected chi connectivity index (χ0v) is 15.2. The summed E-state index contributed by atoms with van der Waals surface area (Å²) in [7, 11) is 1.53. The summed E-state index contributed by atoms with van der Waals surface area (Å²) >= 11 is 2.18. The van der Waals surface area contributed by atoms with Crippen molar-refractivity contribution in [3.8, 4) is 0 Å². The molecule has 0 aliphatic heterocycles. The molecule has 0 spiro atoms. The lowest BCUT2D eigenvalue weighted by Gasteiger charge is -2.09. The lowest BCUT2D eigenvalue weighted by molar-refractivity contribution is 0.102. The monoisotopic (exact) mass is 440 g/mol. The van der Waals surface area contributed by atoms with Crippen molar-refractivity contribution in [2.24, 2.45) is 0 Å². The van der Waals surface area contributed by atoms with Crippen LogP contribution < -0.4 is 10.6 Å². The van der Waals surface area contributed by atoms with Crippen LogP contribution in [0.5, 0.6) is 0 Å². The fraction of sp³-hybridized carbons (Fsp3) is 0.176. The van der Waals surface area contributed by atoms with Crippen LogP contribution in [-0.4, -0.2) is 32.3 Å². The SMILES string of the molecule is COCCOC(=O)Nc1cccc(NC(=O)c2ccc(I)cc2)c1. The molecule has 2 N–H and O–H groups in total. The van der Waals surface area contributed by atoms with Crippen LogP contribution in [-0.2, 0) is 9.47 Å². The molecule has 0 radical (unpaired) electrons. The predicted molar refractivity (Wildman–Crippen MR) is 100 cm³/mol. The first-order valence-electron chi connectivity index (χ1n) is 7.18. The van der Waals surface area contributed by atoms with E-state index in [9.17, 15) is 9.59 Å². The van der Waals surface area contributed by atoms with Crippen LogP contribution in [0.25, 0.3) is 0 Å². The molecular formula is C17H17IN2O4. The fourth-order valence-corrected chi connectivity index (χ4v) is 2.21. The minimum atomic E-state index is -0.576. The van der Waals surface area contributed by atoms with Gasteiger partial charge < -0.3 is 14.8 Å². The molecule has 0 atom stereocenters. The molecule has 0 heterocycles. The maximum Gasteiger partial charge on any atom is 0.411 e. The van der Waals surface area contributed by atoms with Crippen molar-refractivity contribution in [2.75, 3.05) is 31.0 Å². The Hall–Kier alpha value is -2.13. The zero-order chi connectivity index (χ0) is 17.4. The second-order valence-corrected chi connectivity index (χ2v) is 6.04. The summed E-state index contributed by atoms with van der Waals surface area (Å²) in [5.41, 5.74) is 1.67. The molecule has 126 valence electrons. The third kappa shape index (κ3) is 5.82. The number of carbonyl (C=O) groups is 2. The van der Waals surface area contributed by atoms with Crippen molar-refractivity contribution in [3.63, 3.8) is 0 Å². The van der Waals surface area contributed by atoms with E-state index >= 15 is 0 Å². The van der Waals surface area contributed by atoms with Crippen molar-refractivity contribution in [1.82, 2.24) is 0 Å². The number of ether oxygens (including phenoxy) is 2. The largest absolute Gasteiger partial charge is 0.447 e. The maximum atomic E-state index is 12.2. The van der Waals surface area contributed by atoms with Crippen molar-refractivity contribution in [2.45, 2.75) is 0 Å². The van der Waals surface area contributed by atoms with E-state index in [-0.39, 0.29) is 12.5 Å². The number of amides is 2. The minimum absolute atomic E-state index is 0.172. The van der Waals surface area contributed by atoms with Crippen molar-refractivity contribution in [3.05, 3.63) is 57.7 Å². The molecule has 0 aromatic heterocycles. The normalized spacial score (nSPS) is 10.1. The molecule has 0 fully saturated rings. The van der Waals surface area contributed by atoms with Gasteiger partial charge in [0, 0.05) is 27.6 Å². The summed E-state index contributed by atoms with van der Waals surface area (Å²) < 4.78 is 10.8. The predicted octanol–water partition coefficient (Wildman–Crippen LogP) is 3.74. The van der Waals surface area contributed by atoms with Crippen molar-refractivity contribution >= 4 is 46.0 Å². The van der Waals surface area contributed by atoms with Crippen LogP contribution in [0.4, 0.5) is 16.2 Å². The molecule has 2 rings (SSSR count). The number of hydrogen-bond donors (Lipinski definition) is 2. The average Bonchev–Trinajstić information content (AvgIpc) is 2.56. The van der Waals surface area contributed by atoms with Gasteiger partial charge in [0.1, 0.15) is 6.61 Å². The van der Waals surface area contributed by atoms with Gasteiger partial charge in [0.25, 0.3) is 5.91 Å². The Morgan fingerprint density at radius 3 is 2.33 bits per heavy atom. The number of halogens is 1. The number of hydrogen-bond acceptors (Lipinski definition) is 4. The Labute approximate surface area is 153 Å². The Morgan fingerprint density at radius 2 is 1.67 bits per heavy atom. The molecular weight excluding hydrogens is 423 g/mol.